The van der Waals surface area contributed by atoms with Crippen molar-refractivity contribution in [2.45, 2.75) is 37.3 Å². The third-order valence-corrected chi connectivity index (χ3v) is 5.67. The first kappa shape index (κ1) is 18.2. The summed E-state index contributed by atoms with van der Waals surface area (Å²) in [6.45, 7) is 1.64. The molecular formula is C18H22Cl2N4O. The van der Waals surface area contributed by atoms with E-state index in [1.807, 2.05) is 29.1 Å². The van der Waals surface area contributed by atoms with E-state index in [-0.39, 0.29) is 24.4 Å². The monoisotopic (exact) mass is 380 g/mol. The number of piperidine rings is 1. The number of nitrogens with zero attached hydrogens (tertiary/aromatic N) is 2. The first-order valence-electron chi connectivity index (χ1n) is 8.50. The zero-order valence-electron chi connectivity index (χ0n) is 13.9. The average Bonchev–Trinajstić information content (AvgIpc) is 3.27. The highest BCUT2D eigenvalue weighted by Gasteiger charge is 2.43. The lowest BCUT2D eigenvalue weighted by molar-refractivity contribution is -0.132. The van der Waals surface area contributed by atoms with Crippen LogP contribution in [-0.2, 0) is 16.8 Å². The van der Waals surface area contributed by atoms with Gasteiger partial charge in [-0.2, -0.15) is 5.10 Å². The number of nitrogens with one attached hydrogen (secondary N) is 2. The minimum Gasteiger partial charge on any atom is -0.347 e. The Morgan fingerprint density at radius 1 is 1.32 bits per heavy atom. The molecule has 2 aromatic rings. The molecule has 1 aromatic carbocycles. The molecule has 1 amide bonds. The summed E-state index contributed by atoms with van der Waals surface area (Å²) in [4.78, 5) is 13.2. The standard InChI is InChI=1S/C18H21ClN4O.ClH/c19-15-4-1-3-14-13(15)5-6-16(14)22-17(24)18(7-10-20-11-8-18)23-12-2-9-21-23;/h1-4,9,12,16,20H,5-8,10-11H2,(H,22,24);1H. The molecule has 4 rings (SSSR count). The second-order valence-electron chi connectivity index (χ2n) is 6.60. The number of hydrogen-bond donors (Lipinski definition) is 2. The van der Waals surface area contributed by atoms with E-state index in [0.717, 1.165) is 49.4 Å². The van der Waals surface area contributed by atoms with Crippen molar-refractivity contribution in [3.63, 3.8) is 0 Å². The van der Waals surface area contributed by atoms with E-state index in [1.54, 1.807) is 6.20 Å². The van der Waals surface area contributed by atoms with Gasteiger partial charge in [-0.3, -0.25) is 9.48 Å². The van der Waals surface area contributed by atoms with E-state index in [1.165, 1.54) is 5.56 Å². The van der Waals surface area contributed by atoms with E-state index in [9.17, 15) is 4.79 Å². The molecule has 0 bridgehead atoms. The van der Waals surface area contributed by atoms with Crippen molar-refractivity contribution < 1.29 is 4.79 Å². The third-order valence-electron chi connectivity index (χ3n) is 5.32. The first-order valence-corrected chi connectivity index (χ1v) is 8.88. The van der Waals surface area contributed by atoms with E-state index in [4.69, 9.17) is 11.6 Å². The second-order valence-corrected chi connectivity index (χ2v) is 7.01. The number of fused-ring (bicyclic) bond motifs is 1. The molecule has 2 heterocycles. The molecule has 0 radical (unpaired) electrons. The minimum absolute atomic E-state index is 0. The molecule has 1 aliphatic carbocycles. The number of benzene rings is 1. The van der Waals surface area contributed by atoms with Crippen LogP contribution in [0.3, 0.4) is 0 Å². The maximum atomic E-state index is 13.2. The molecule has 25 heavy (non-hydrogen) atoms. The number of amides is 1. The molecule has 2 aliphatic rings. The SMILES string of the molecule is Cl.O=C(NC1CCc2c(Cl)cccc21)C1(n2cccn2)CCNCC1. The summed E-state index contributed by atoms with van der Waals surface area (Å²) in [6.07, 6.45) is 6.94. The van der Waals surface area contributed by atoms with Gasteiger partial charge in [-0.15, -0.1) is 12.4 Å². The van der Waals surface area contributed by atoms with Crippen LogP contribution in [0, 0.1) is 0 Å². The van der Waals surface area contributed by atoms with Gasteiger partial charge in [0.15, 0.2) is 0 Å². The number of carbonyl (C=O) groups is 1. The van der Waals surface area contributed by atoms with E-state index in [2.05, 4.69) is 21.8 Å². The molecule has 1 unspecified atom stereocenters. The molecule has 2 N–H and O–H groups in total. The van der Waals surface area contributed by atoms with Gasteiger partial charge in [0.25, 0.3) is 0 Å². The summed E-state index contributed by atoms with van der Waals surface area (Å²) in [7, 11) is 0. The number of halogens is 2. The van der Waals surface area contributed by atoms with Gasteiger partial charge in [0.1, 0.15) is 5.54 Å². The Balaban J connectivity index is 0.00000182. The fourth-order valence-electron chi connectivity index (χ4n) is 3.97. The van der Waals surface area contributed by atoms with Gasteiger partial charge < -0.3 is 10.6 Å². The lowest BCUT2D eigenvalue weighted by atomic mass is 9.87. The zero-order chi connectivity index (χ0) is 16.6. The average molecular weight is 381 g/mol. The Hall–Kier alpha value is -1.56. The van der Waals surface area contributed by atoms with Crippen LogP contribution in [0.25, 0.3) is 0 Å². The largest absolute Gasteiger partial charge is 0.347 e. The van der Waals surface area contributed by atoms with Crippen LogP contribution in [0.4, 0.5) is 0 Å². The van der Waals surface area contributed by atoms with Crippen molar-refractivity contribution in [1.82, 2.24) is 20.4 Å². The van der Waals surface area contributed by atoms with Crippen molar-refractivity contribution in [3.8, 4) is 0 Å². The lowest BCUT2D eigenvalue weighted by Gasteiger charge is -2.37. The maximum Gasteiger partial charge on any atom is 0.248 e. The van der Waals surface area contributed by atoms with E-state index < -0.39 is 5.54 Å². The van der Waals surface area contributed by atoms with Crippen molar-refractivity contribution >= 4 is 29.9 Å². The summed E-state index contributed by atoms with van der Waals surface area (Å²) >= 11 is 6.29. The van der Waals surface area contributed by atoms with Gasteiger partial charge in [0.2, 0.25) is 5.91 Å². The fourth-order valence-corrected chi connectivity index (χ4v) is 4.25. The highest BCUT2D eigenvalue weighted by molar-refractivity contribution is 6.31. The number of carbonyl (C=O) groups excluding carboxylic acids is 1. The summed E-state index contributed by atoms with van der Waals surface area (Å²) < 4.78 is 1.83. The van der Waals surface area contributed by atoms with Crippen molar-refractivity contribution in [1.29, 1.82) is 0 Å². The quantitative estimate of drug-likeness (QED) is 0.860. The van der Waals surface area contributed by atoms with Crippen LogP contribution in [0.1, 0.15) is 36.4 Å². The van der Waals surface area contributed by atoms with Crippen molar-refractivity contribution in [2.24, 2.45) is 0 Å². The van der Waals surface area contributed by atoms with Gasteiger partial charge in [-0.05, 0) is 62.0 Å². The minimum atomic E-state index is -0.601. The number of aromatic nitrogens is 2. The third kappa shape index (κ3) is 3.16. The Labute approximate surface area is 158 Å². The van der Waals surface area contributed by atoms with Crippen LogP contribution in [0.15, 0.2) is 36.7 Å². The van der Waals surface area contributed by atoms with Crippen molar-refractivity contribution in [3.05, 3.63) is 52.8 Å². The highest BCUT2D eigenvalue weighted by Crippen LogP contribution is 2.37. The highest BCUT2D eigenvalue weighted by atomic mass is 35.5. The smallest absolute Gasteiger partial charge is 0.248 e. The Morgan fingerprint density at radius 2 is 2.12 bits per heavy atom. The van der Waals surface area contributed by atoms with Crippen LogP contribution >= 0.6 is 24.0 Å². The summed E-state index contributed by atoms with van der Waals surface area (Å²) in [5, 5.41) is 11.8. The molecule has 0 spiro atoms. The van der Waals surface area contributed by atoms with Crippen LogP contribution in [0.2, 0.25) is 5.02 Å². The fraction of sp³-hybridized carbons (Fsp3) is 0.444. The summed E-state index contributed by atoms with van der Waals surface area (Å²) in [5.74, 6) is 0.0607. The molecule has 1 aliphatic heterocycles. The van der Waals surface area contributed by atoms with E-state index >= 15 is 0 Å². The Bertz CT molecular complexity index is 742. The predicted molar refractivity (Wildman–Crippen MR) is 100 cm³/mol. The van der Waals surface area contributed by atoms with Gasteiger partial charge in [0, 0.05) is 17.4 Å². The molecule has 1 saturated heterocycles. The summed E-state index contributed by atoms with van der Waals surface area (Å²) in [6, 6.07) is 7.86. The Kier molecular flexibility index (Phi) is 5.37. The number of hydrogen-bond acceptors (Lipinski definition) is 3. The molecule has 5 nitrogen and oxygen atoms in total. The molecule has 1 fully saturated rings. The zero-order valence-corrected chi connectivity index (χ0v) is 15.4. The normalized spacial score (nSPS) is 21.2. The molecule has 1 atom stereocenters. The summed E-state index contributed by atoms with van der Waals surface area (Å²) in [5.41, 5.74) is 1.72. The number of rotatable bonds is 3. The molecule has 7 heteroatoms. The van der Waals surface area contributed by atoms with Crippen LogP contribution in [0.5, 0.6) is 0 Å². The molecular weight excluding hydrogens is 359 g/mol. The van der Waals surface area contributed by atoms with E-state index in [0.29, 0.717) is 0 Å². The molecule has 134 valence electrons. The van der Waals surface area contributed by atoms with Crippen LogP contribution < -0.4 is 10.6 Å². The van der Waals surface area contributed by atoms with Crippen molar-refractivity contribution in [2.75, 3.05) is 13.1 Å². The van der Waals surface area contributed by atoms with Gasteiger partial charge in [-0.25, -0.2) is 0 Å². The molecule has 1 aromatic heterocycles. The maximum absolute atomic E-state index is 13.2. The predicted octanol–water partition coefficient (Wildman–Crippen LogP) is 2.84. The first-order chi connectivity index (χ1) is 11.7. The lowest BCUT2D eigenvalue weighted by Crippen LogP contribution is -2.55. The van der Waals surface area contributed by atoms with Gasteiger partial charge >= 0.3 is 0 Å². The van der Waals surface area contributed by atoms with Gasteiger partial charge in [0.05, 0.1) is 6.04 Å². The topological polar surface area (TPSA) is 59.0 Å². The van der Waals surface area contributed by atoms with Crippen LogP contribution in [-0.4, -0.2) is 28.8 Å². The molecule has 0 saturated carbocycles. The second kappa shape index (κ2) is 7.36. The van der Waals surface area contributed by atoms with Gasteiger partial charge in [-0.1, -0.05) is 23.7 Å². The Morgan fingerprint density at radius 3 is 2.84 bits per heavy atom.